The molecule has 0 radical (unpaired) electrons. The summed E-state index contributed by atoms with van der Waals surface area (Å²) < 4.78 is 13.2. The summed E-state index contributed by atoms with van der Waals surface area (Å²) in [6.07, 6.45) is 1.13. The van der Waals surface area contributed by atoms with Gasteiger partial charge in [0, 0.05) is 32.6 Å². The molecule has 0 N–H and O–H groups in total. The average Bonchev–Trinajstić information content (AvgIpc) is 2.77. The lowest BCUT2D eigenvalue weighted by Gasteiger charge is -2.35. The SMILES string of the molecule is O=C(CCc1ccc2ccccc2c1)N1CCN(C(=O)c2ccc(F)cc2Cl)CC1. The molecule has 0 aromatic heterocycles. The standard InChI is InChI=1S/C24H22ClFN2O2/c25-22-16-20(26)8-9-21(22)24(30)28-13-11-27(12-14-28)23(29)10-6-17-5-7-18-3-1-2-4-19(18)15-17/h1-5,7-9,15-16H,6,10-14H2. The van der Waals surface area contributed by atoms with Crippen LogP contribution in [0.4, 0.5) is 4.39 Å². The van der Waals surface area contributed by atoms with Gasteiger partial charge in [-0.15, -0.1) is 0 Å². The van der Waals surface area contributed by atoms with Gasteiger partial charge in [-0.05, 0) is 41.0 Å². The summed E-state index contributed by atoms with van der Waals surface area (Å²) in [7, 11) is 0. The van der Waals surface area contributed by atoms with Crippen molar-refractivity contribution in [2.45, 2.75) is 12.8 Å². The van der Waals surface area contributed by atoms with Crippen molar-refractivity contribution in [1.29, 1.82) is 0 Å². The van der Waals surface area contributed by atoms with Gasteiger partial charge in [0.2, 0.25) is 5.91 Å². The molecule has 30 heavy (non-hydrogen) atoms. The number of nitrogens with zero attached hydrogens (tertiary/aromatic N) is 2. The number of hydrogen-bond donors (Lipinski definition) is 0. The third-order valence-corrected chi connectivity index (χ3v) is 5.84. The number of carbonyl (C=O) groups is 2. The van der Waals surface area contributed by atoms with Gasteiger partial charge in [0.15, 0.2) is 0 Å². The predicted octanol–water partition coefficient (Wildman–Crippen LogP) is 4.55. The van der Waals surface area contributed by atoms with Crippen molar-refractivity contribution in [2.75, 3.05) is 26.2 Å². The number of hydrogen-bond acceptors (Lipinski definition) is 2. The molecule has 6 heteroatoms. The molecule has 1 fully saturated rings. The Kier molecular flexibility index (Phi) is 6.00. The first-order valence-electron chi connectivity index (χ1n) is 10.0. The first-order valence-corrected chi connectivity index (χ1v) is 10.4. The van der Waals surface area contributed by atoms with Crippen LogP contribution in [-0.4, -0.2) is 47.8 Å². The van der Waals surface area contributed by atoms with Gasteiger partial charge in [0.25, 0.3) is 5.91 Å². The molecule has 1 heterocycles. The number of rotatable bonds is 4. The second kappa shape index (κ2) is 8.84. The lowest BCUT2D eigenvalue weighted by molar-refractivity contribution is -0.132. The minimum Gasteiger partial charge on any atom is -0.339 e. The molecule has 0 saturated carbocycles. The highest BCUT2D eigenvalue weighted by Gasteiger charge is 2.25. The maximum absolute atomic E-state index is 13.2. The van der Waals surface area contributed by atoms with E-state index in [-0.39, 0.29) is 22.4 Å². The summed E-state index contributed by atoms with van der Waals surface area (Å²) in [6.45, 7) is 1.85. The summed E-state index contributed by atoms with van der Waals surface area (Å²) in [5.74, 6) is -0.614. The molecule has 3 aromatic rings. The number of amides is 2. The van der Waals surface area contributed by atoms with Gasteiger partial charge in [-0.3, -0.25) is 9.59 Å². The molecule has 0 unspecified atom stereocenters. The molecule has 1 aliphatic heterocycles. The number of halogens is 2. The summed E-state index contributed by atoms with van der Waals surface area (Å²) in [5.41, 5.74) is 1.43. The monoisotopic (exact) mass is 424 g/mol. The molecule has 0 atom stereocenters. The van der Waals surface area contributed by atoms with E-state index in [1.54, 1.807) is 9.80 Å². The Labute approximate surface area is 179 Å². The van der Waals surface area contributed by atoms with Gasteiger partial charge in [-0.25, -0.2) is 4.39 Å². The Morgan fingerprint density at radius 2 is 1.57 bits per heavy atom. The molecule has 4 rings (SSSR count). The van der Waals surface area contributed by atoms with Crippen LogP contribution in [0, 0.1) is 5.82 Å². The predicted molar refractivity (Wildman–Crippen MR) is 116 cm³/mol. The van der Waals surface area contributed by atoms with Crippen LogP contribution in [0.2, 0.25) is 5.02 Å². The largest absolute Gasteiger partial charge is 0.339 e. The summed E-state index contributed by atoms with van der Waals surface area (Å²) >= 11 is 6.01. The van der Waals surface area contributed by atoms with Crippen molar-refractivity contribution in [3.05, 3.63) is 82.6 Å². The third-order valence-electron chi connectivity index (χ3n) is 5.52. The molecule has 0 aliphatic carbocycles. The van der Waals surface area contributed by atoms with Gasteiger partial charge in [0.05, 0.1) is 10.6 Å². The Bertz CT molecular complexity index is 1090. The zero-order valence-electron chi connectivity index (χ0n) is 16.5. The molecule has 0 bridgehead atoms. The van der Waals surface area contributed by atoms with E-state index in [4.69, 9.17) is 11.6 Å². The van der Waals surface area contributed by atoms with E-state index in [2.05, 4.69) is 30.3 Å². The van der Waals surface area contributed by atoms with Gasteiger partial charge in [-0.1, -0.05) is 54.1 Å². The number of fused-ring (bicyclic) bond motifs is 1. The van der Waals surface area contributed by atoms with Crippen LogP contribution in [0.25, 0.3) is 10.8 Å². The van der Waals surface area contributed by atoms with Crippen LogP contribution >= 0.6 is 11.6 Å². The van der Waals surface area contributed by atoms with Crippen LogP contribution < -0.4 is 0 Å². The minimum absolute atomic E-state index is 0.0927. The average molecular weight is 425 g/mol. The molecule has 0 spiro atoms. The molecular weight excluding hydrogens is 403 g/mol. The highest BCUT2D eigenvalue weighted by Crippen LogP contribution is 2.20. The zero-order valence-corrected chi connectivity index (χ0v) is 17.2. The van der Waals surface area contributed by atoms with Crippen molar-refractivity contribution < 1.29 is 14.0 Å². The van der Waals surface area contributed by atoms with Crippen molar-refractivity contribution in [3.63, 3.8) is 0 Å². The number of piperazine rings is 1. The van der Waals surface area contributed by atoms with Crippen molar-refractivity contribution >= 4 is 34.2 Å². The van der Waals surface area contributed by atoms with Gasteiger partial charge >= 0.3 is 0 Å². The summed E-state index contributed by atoms with van der Waals surface area (Å²) in [6, 6.07) is 18.2. The van der Waals surface area contributed by atoms with Gasteiger partial charge in [-0.2, -0.15) is 0 Å². The van der Waals surface area contributed by atoms with E-state index < -0.39 is 5.82 Å². The molecular formula is C24H22ClFN2O2. The molecule has 154 valence electrons. The fourth-order valence-electron chi connectivity index (χ4n) is 3.80. The molecule has 2 amide bonds. The van der Waals surface area contributed by atoms with Crippen LogP contribution in [-0.2, 0) is 11.2 Å². The molecule has 4 nitrogen and oxygen atoms in total. The van der Waals surface area contributed by atoms with E-state index in [0.717, 1.165) is 11.6 Å². The second-order valence-electron chi connectivity index (χ2n) is 7.48. The third kappa shape index (κ3) is 4.46. The molecule has 1 aliphatic rings. The quantitative estimate of drug-likeness (QED) is 0.616. The highest BCUT2D eigenvalue weighted by atomic mass is 35.5. The fourth-order valence-corrected chi connectivity index (χ4v) is 4.04. The lowest BCUT2D eigenvalue weighted by atomic mass is 10.0. The Balaban J connectivity index is 1.31. The second-order valence-corrected chi connectivity index (χ2v) is 7.89. The number of carbonyl (C=O) groups excluding carboxylic acids is 2. The van der Waals surface area contributed by atoms with E-state index in [9.17, 15) is 14.0 Å². The lowest BCUT2D eigenvalue weighted by Crippen LogP contribution is -2.50. The zero-order chi connectivity index (χ0) is 21.1. The Hall–Kier alpha value is -2.92. The van der Waals surface area contributed by atoms with Gasteiger partial charge in [0.1, 0.15) is 5.82 Å². The van der Waals surface area contributed by atoms with Crippen LogP contribution in [0.1, 0.15) is 22.3 Å². The van der Waals surface area contributed by atoms with Crippen molar-refractivity contribution in [2.24, 2.45) is 0 Å². The number of benzene rings is 3. The Morgan fingerprint density at radius 1 is 0.867 bits per heavy atom. The van der Waals surface area contributed by atoms with Crippen molar-refractivity contribution in [1.82, 2.24) is 9.80 Å². The maximum Gasteiger partial charge on any atom is 0.255 e. The first-order chi connectivity index (χ1) is 14.5. The van der Waals surface area contributed by atoms with E-state index in [0.29, 0.717) is 39.0 Å². The van der Waals surface area contributed by atoms with Gasteiger partial charge < -0.3 is 9.80 Å². The van der Waals surface area contributed by atoms with Crippen LogP contribution in [0.15, 0.2) is 60.7 Å². The van der Waals surface area contributed by atoms with Crippen LogP contribution in [0.3, 0.4) is 0 Å². The summed E-state index contributed by atoms with van der Waals surface area (Å²) in [4.78, 5) is 28.7. The highest BCUT2D eigenvalue weighted by molar-refractivity contribution is 6.33. The maximum atomic E-state index is 13.2. The van der Waals surface area contributed by atoms with E-state index in [1.165, 1.54) is 22.9 Å². The molecule has 1 saturated heterocycles. The Morgan fingerprint density at radius 3 is 2.30 bits per heavy atom. The van der Waals surface area contributed by atoms with E-state index in [1.807, 2.05) is 12.1 Å². The van der Waals surface area contributed by atoms with Crippen LogP contribution in [0.5, 0.6) is 0 Å². The molecule has 3 aromatic carbocycles. The number of aryl methyl sites for hydroxylation is 1. The van der Waals surface area contributed by atoms with Crippen molar-refractivity contribution in [3.8, 4) is 0 Å². The first kappa shape index (κ1) is 20.4. The minimum atomic E-state index is -0.474. The fraction of sp³-hybridized carbons (Fsp3) is 0.250. The smallest absolute Gasteiger partial charge is 0.255 e. The normalized spacial score (nSPS) is 14.2. The topological polar surface area (TPSA) is 40.6 Å². The van der Waals surface area contributed by atoms with E-state index >= 15 is 0 Å². The summed E-state index contributed by atoms with van der Waals surface area (Å²) in [5, 5.41) is 2.47.